The number of hydrogen-bond acceptors (Lipinski definition) is 3. The van der Waals surface area contributed by atoms with Crippen LogP contribution in [-0.4, -0.2) is 36.7 Å². The van der Waals surface area contributed by atoms with Crippen LogP contribution in [0.5, 0.6) is 0 Å². The molecule has 0 radical (unpaired) electrons. The molecule has 19 heavy (non-hydrogen) atoms. The van der Waals surface area contributed by atoms with Crippen molar-refractivity contribution in [1.29, 1.82) is 0 Å². The summed E-state index contributed by atoms with van der Waals surface area (Å²) in [5.74, 6) is -1.20. The van der Waals surface area contributed by atoms with Crippen LogP contribution in [0.15, 0.2) is 24.3 Å². The summed E-state index contributed by atoms with van der Waals surface area (Å²) in [4.78, 5) is 22.8. The van der Waals surface area contributed by atoms with Gasteiger partial charge in [0.15, 0.2) is 0 Å². The van der Waals surface area contributed by atoms with Gasteiger partial charge in [-0.1, -0.05) is 18.2 Å². The van der Waals surface area contributed by atoms with Gasteiger partial charge in [0.25, 0.3) is 0 Å². The third kappa shape index (κ3) is 5.09. The Morgan fingerprint density at radius 3 is 2.68 bits per heavy atom. The van der Waals surface area contributed by atoms with E-state index < -0.39 is 5.97 Å². The number of ether oxygens (including phenoxy) is 1. The summed E-state index contributed by atoms with van der Waals surface area (Å²) in [6.07, 6.45) is 0.794. The van der Waals surface area contributed by atoms with Crippen LogP contribution in [0.3, 0.4) is 0 Å². The molecule has 104 valence electrons. The fraction of sp³-hybridized carbons (Fsp3) is 0.429. The first-order valence-corrected chi connectivity index (χ1v) is 6.14. The van der Waals surface area contributed by atoms with Gasteiger partial charge >= 0.3 is 5.97 Å². The van der Waals surface area contributed by atoms with Crippen LogP contribution in [-0.2, 0) is 16.0 Å². The number of aromatic carboxylic acids is 1. The number of carboxylic acids is 1. The highest BCUT2D eigenvalue weighted by Crippen LogP contribution is 2.09. The van der Waals surface area contributed by atoms with E-state index in [2.05, 4.69) is 5.32 Å². The van der Waals surface area contributed by atoms with Gasteiger partial charge in [0.2, 0.25) is 5.91 Å². The normalized spacial score (nSPS) is 11.9. The molecular weight excluding hydrogens is 246 g/mol. The highest BCUT2D eigenvalue weighted by Gasteiger charge is 2.13. The van der Waals surface area contributed by atoms with Crippen molar-refractivity contribution >= 4 is 11.9 Å². The van der Waals surface area contributed by atoms with E-state index >= 15 is 0 Å². The van der Waals surface area contributed by atoms with Gasteiger partial charge in [-0.2, -0.15) is 0 Å². The minimum absolute atomic E-state index is 0.00411. The Morgan fingerprint density at radius 1 is 1.37 bits per heavy atom. The summed E-state index contributed by atoms with van der Waals surface area (Å²) in [5, 5.41) is 11.8. The van der Waals surface area contributed by atoms with Crippen molar-refractivity contribution < 1.29 is 19.4 Å². The van der Waals surface area contributed by atoms with Gasteiger partial charge < -0.3 is 15.2 Å². The average Bonchev–Trinajstić information content (AvgIpc) is 2.36. The molecule has 0 aliphatic rings. The Morgan fingerprint density at radius 2 is 2.05 bits per heavy atom. The molecule has 0 heterocycles. The summed E-state index contributed by atoms with van der Waals surface area (Å²) < 4.78 is 4.93. The van der Waals surface area contributed by atoms with Crippen molar-refractivity contribution in [2.75, 3.05) is 13.7 Å². The minimum Gasteiger partial charge on any atom is -0.478 e. The summed E-state index contributed by atoms with van der Waals surface area (Å²) in [6, 6.07) is 6.53. The van der Waals surface area contributed by atoms with Gasteiger partial charge in [-0.3, -0.25) is 4.79 Å². The molecule has 5 nitrogen and oxygen atoms in total. The van der Waals surface area contributed by atoms with Gasteiger partial charge in [0, 0.05) is 19.8 Å². The van der Waals surface area contributed by atoms with Crippen LogP contribution in [0, 0.1) is 0 Å². The molecule has 0 fully saturated rings. The number of carbonyl (C=O) groups excluding carboxylic acids is 1. The van der Waals surface area contributed by atoms with Crippen molar-refractivity contribution in [1.82, 2.24) is 5.32 Å². The quantitative estimate of drug-likeness (QED) is 0.782. The van der Waals surface area contributed by atoms with Gasteiger partial charge in [0.05, 0.1) is 12.0 Å². The standard InChI is InChI=1S/C14H19NO4/c1-10(7-8-19-2)15-13(16)9-11-5-3-4-6-12(11)14(17)18/h3-6,10H,7-9H2,1-2H3,(H,15,16)(H,17,18). The van der Waals surface area contributed by atoms with Gasteiger partial charge in [-0.25, -0.2) is 4.79 Å². The SMILES string of the molecule is COCCC(C)NC(=O)Cc1ccccc1C(=O)O. The zero-order valence-corrected chi connectivity index (χ0v) is 11.2. The topological polar surface area (TPSA) is 75.6 Å². The van der Waals surface area contributed by atoms with Crippen molar-refractivity contribution in [2.24, 2.45) is 0 Å². The Bertz CT molecular complexity index is 445. The van der Waals surface area contributed by atoms with Crippen LogP contribution in [0.1, 0.15) is 29.3 Å². The molecule has 0 aromatic heterocycles. The number of carbonyl (C=O) groups is 2. The maximum absolute atomic E-state index is 11.8. The second kappa shape index (κ2) is 7.53. The molecular formula is C14H19NO4. The summed E-state index contributed by atoms with van der Waals surface area (Å²) in [5.41, 5.74) is 0.689. The highest BCUT2D eigenvalue weighted by atomic mass is 16.5. The van der Waals surface area contributed by atoms with Gasteiger partial charge in [-0.05, 0) is 25.0 Å². The number of carboxylic acid groups (broad SMARTS) is 1. The molecule has 0 aliphatic heterocycles. The smallest absolute Gasteiger partial charge is 0.335 e. The third-order valence-corrected chi connectivity index (χ3v) is 2.76. The summed E-state index contributed by atoms with van der Waals surface area (Å²) >= 11 is 0. The van der Waals surface area contributed by atoms with Crippen LogP contribution < -0.4 is 5.32 Å². The molecule has 0 bridgehead atoms. The lowest BCUT2D eigenvalue weighted by molar-refractivity contribution is -0.121. The molecule has 1 aromatic carbocycles. The molecule has 0 saturated carbocycles. The second-order valence-corrected chi connectivity index (χ2v) is 4.39. The van der Waals surface area contributed by atoms with E-state index in [0.29, 0.717) is 12.2 Å². The first-order chi connectivity index (χ1) is 9.04. The summed E-state index contributed by atoms with van der Waals surface area (Å²) in [6.45, 7) is 2.47. The van der Waals surface area contributed by atoms with E-state index in [1.165, 1.54) is 6.07 Å². The Balaban J connectivity index is 2.60. The van der Waals surface area contributed by atoms with Crippen molar-refractivity contribution in [3.05, 3.63) is 35.4 Å². The van der Waals surface area contributed by atoms with Gasteiger partial charge in [-0.15, -0.1) is 0 Å². The Labute approximate surface area is 112 Å². The van der Waals surface area contributed by atoms with E-state index in [1.54, 1.807) is 25.3 Å². The van der Waals surface area contributed by atoms with E-state index in [0.717, 1.165) is 6.42 Å². The molecule has 0 aliphatic carbocycles. The fourth-order valence-electron chi connectivity index (χ4n) is 1.75. The first-order valence-electron chi connectivity index (χ1n) is 6.14. The monoisotopic (exact) mass is 265 g/mol. The van der Waals surface area contributed by atoms with E-state index in [1.807, 2.05) is 6.92 Å². The number of amides is 1. The maximum Gasteiger partial charge on any atom is 0.335 e. The van der Waals surface area contributed by atoms with Crippen molar-refractivity contribution in [3.63, 3.8) is 0 Å². The lowest BCUT2D eigenvalue weighted by atomic mass is 10.0. The lowest BCUT2D eigenvalue weighted by Gasteiger charge is -2.13. The van der Waals surface area contributed by atoms with E-state index in [-0.39, 0.29) is 23.9 Å². The van der Waals surface area contributed by atoms with E-state index in [4.69, 9.17) is 9.84 Å². The minimum atomic E-state index is -1.02. The van der Waals surface area contributed by atoms with Crippen LogP contribution in [0.25, 0.3) is 0 Å². The molecule has 1 rings (SSSR count). The second-order valence-electron chi connectivity index (χ2n) is 4.39. The van der Waals surface area contributed by atoms with E-state index in [9.17, 15) is 9.59 Å². The molecule has 1 aromatic rings. The van der Waals surface area contributed by atoms with Gasteiger partial charge in [0.1, 0.15) is 0 Å². The molecule has 2 N–H and O–H groups in total. The number of nitrogens with one attached hydrogen (secondary N) is 1. The average molecular weight is 265 g/mol. The summed E-state index contributed by atoms with van der Waals surface area (Å²) in [7, 11) is 1.61. The Hall–Kier alpha value is -1.88. The molecule has 1 atom stereocenters. The zero-order chi connectivity index (χ0) is 14.3. The predicted octanol–water partition coefficient (Wildman–Crippen LogP) is 1.47. The largest absolute Gasteiger partial charge is 0.478 e. The first kappa shape index (κ1) is 15.2. The number of benzene rings is 1. The molecule has 1 unspecified atom stereocenters. The lowest BCUT2D eigenvalue weighted by Crippen LogP contribution is -2.34. The molecule has 0 saturated heterocycles. The predicted molar refractivity (Wildman–Crippen MR) is 71.2 cm³/mol. The van der Waals surface area contributed by atoms with Crippen LogP contribution in [0.2, 0.25) is 0 Å². The Kier molecular flexibility index (Phi) is 6.02. The van der Waals surface area contributed by atoms with Crippen molar-refractivity contribution in [3.8, 4) is 0 Å². The number of rotatable bonds is 7. The number of methoxy groups -OCH3 is 1. The molecule has 0 spiro atoms. The highest BCUT2D eigenvalue weighted by molar-refractivity contribution is 5.91. The van der Waals surface area contributed by atoms with Crippen LogP contribution >= 0.6 is 0 Å². The van der Waals surface area contributed by atoms with Crippen molar-refractivity contribution in [2.45, 2.75) is 25.8 Å². The molecule has 5 heteroatoms. The third-order valence-electron chi connectivity index (χ3n) is 2.76. The maximum atomic E-state index is 11.8. The fourth-order valence-corrected chi connectivity index (χ4v) is 1.75. The zero-order valence-electron chi connectivity index (χ0n) is 11.2. The molecule has 1 amide bonds. The number of hydrogen-bond donors (Lipinski definition) is 2. The van der Waals surface area contributed by atoms with Crippen LogP contribution in [0.4, 0.5) is 0 Å².